The number of hydrogen-bond donors (Lipinski definition) is 0. The smallest absolute Gasteiger partial charge is 0.272 e. The average Bonchev–Trinajstić information content (AvgIpc) is 1.86. The Morgan fingerprint density at radius 1 is 1.55 bits per heavy atom. The van der Waals surface area contributed by atoms with E-state index in [9.17, 15) is 8.42 Å². The molecule has 0 spiro atoms. The summed E-state index contributed by atoms with van der Waals surface area (Å²) in [6.45, 7) is 2.06. The molecular formula is C6H14O4S. The van der Waals surface area contributed by atoms with Gasteiger partial charge in [-0.05, 0) is 6.42 Å². The first kappa shape index (κ1) is 10.9. The van der Waals surface area contributed by atoms with Gasteiger partial charge >= 0.3 is 0 Å². The number of rotatable bonds is 1. The van der Waals surface area contributed by atoms with Crippen molar-refractivity contribution in [1.29, 1.82) is 0 Å². The third-order valence-corrected chi connectivity index (χ3v) is 2.40. The van der Waals surface area contributed by atoms with Crippen LogP contribution in [0.5, 0.6) is 0 Å². The molecule has 1 rings (SSSR count). The lowest BCUT2D eigenvalue weighted by atomic mass is 10.5. The summed E-state index contributed by atoms with van der Waals surface area (Å²) in [5.41, 5.74) is 0. The monoisotopic (exact) mass is 182 g/mol. The van der Waals surface area contributed by atoms with Gasteiger partial charge in [0.15, 0.2) is 6.29 Å². The first-order valence-corrected chi connectivity index (χ1v) is 4.74. The summed E-state index contributed by atoms with van der Waals surface area (Å²) in [6.07, 6.45) is 0.0120. The maximum Gasteiger partial charge on any atom is 0.272 e. The SMILES string of the molecule is C.CCC1OCCS(=O)(=O)O1. The first-order valence-electron chi connectivity index (χ1n) is 3.16. The van der Waals surface area contributed by atoms with E-state index in [0.717, 1.165) is 0 Å². The Bertz CT molecular complexity index is 197. The van der Waals surface area contributed by atoms with Crippen molar-refractivity contribution in [2.24, 2.45) is 0 Å². The van der Waals surface area contributed by atoms with Gasteiger partial charge in [0, 0.05) is 0 Å². The molecule has 1 fully saturated rings. The van der Waals surface area contributed by atoms with Crippen molar-refractivity contribution < 1.29 is 17.3 Å². The molecular weight excluding hydrogens is 168 g/mol. The summed E-state index contributed by atoms with van der Waals surface area (Å²) in [7, 11) is -3.27. The van der Waals surface area contributed by atoms with E-state index < -0.39 is 16.4 Å². The van der Waals surface area contributed by atoms with E-state index in [1.165, 1.54) is 0 Å². The largest absolute Gasteiger partial charge is 0.350 e. The van der Waals surface area contributed by atoms with Gasteiger partial charge < -0.3 is 4.74 Å². The normalized spacial score (nSPS) is 29.0. The second kappa shape index (κ2) is 4.04. The third-order valence-electron chi connectivity index (χ3n) is 1.22. The minimum Gasteiger partial charge on any atom is -0.350 e. The zero-order valence-electron chi connectivity index (χ0n) is 5.74. The Morgan fingerprint density at radius 2 is 2.18 bits per heavy atom. The molecule has 0 amide bonds. The van der Waals surface area contributed by atoms with Crippen LogP contribution in [0.4, 0.5) is 0 Å². The zero-order chi connectivity index (χ0) is 7.61. The van der Waals surface area contributed by atoms with Crippen molar-refractivity contribution >= 4 is 10.1 Å². The lowest BCUT2D eigenvalue weighted by molar-refractivity contribution is -0.0862. The van der Waals surface area contributed by atoms with E-state index in [0.29, 0.717) is 6.42 Å². The van der Waals surface area contributed by atoms with Gasteiger partial charge in [0.05, 0.1) is 12.4 Å². The highest BCUT2D eigenvalue weighted by molar-refractivity contribution is 7.86. The van der Waals surface area contributed by atoms with Gasteiger partial charge in [-0.25, -0.2) is 4.18 Å². The molecule has 1 aliphatic heterocycles. The minimum absolute atomic E-state index is 0. The molecule has 0 aliphatic carbocycles. The van der Waals surface area contributed by atoms with E-state index >= 15 is 0 Å². The molecule has 68 valence electrons. The molecule has 1 saturated heterocycles. The molecule has 1 unspecified atom stereocenters. The van der Waals surface area contributed by atoms with Crippen molar-refractivity contribution in [3.63, 3.8) is 0 Å². The number of hydrogen-bond acceptors (Lipinski definition) is 4. The van der Waals surface area contributed by atoms with Gasteiger partial charge in [-0.3, -0.25) is 0 Å². The van der Waals surface area contributed by atoms with Gasteiger partial charge in [0.25, 0.3) is 10.1 Å². The fourth-order valence-corrected chi connectivity index (χ4v) is 1.62. The summed E-state index contributed by atoms with van der Waals surface area (Å²) in [6, 6.07) is 0. The van der Waals surface area contributed by atoms with Crippen LogP contribution < -0.4 is 0 Å². The second-order valence-electron chi connectivity index (χ2n) is 2.07. The van der Waals surface area contributed by atoms with Crippen LogP contribution in [0.1, 0.15) is 20.8 Å². The Kier molecular flexibility index (Phi) is 3.99. The first-order chi connectivity index (χ1) is 4.64. The topological polar surface area (TPSA) is 52.6 Å². The molecule has 1 atom stereocenters. The van der Waals surface area contributed by atoms with Crippen LogP contribution in [0.25, 0.3) is 0 Å². The lowest BCUT2D eigenvalue weighted by Crippen LogP contribution is -2.31. The van der Waals surface area contributed by atoms with Crippen LogP contribution in [0.3, 0.4) is 0 Å². The molecule has 0 aromatic heterocycles. The maximum absolute atomic E-state index is 10.7. The maximum atomic E-state index is 10.7. The van der Waals surface area contributed by atoms with Crippen LogP contribution in [0, 0.1) is 0 Å². The van der Waals surface area contributed by atoms with Crippen molar-refractivity contribution in [3.05, 3.63) is 0 Å². The highest BCUT2D eigenvalue weighted by atomic mass is 32.2. The molecule has 11 heavy (non-hydrogen) atoms. The standard InChI is InChI=1S/C5H10O4S.CH4/c1-2-5-8-3-4-10(6,7)9-5;/h5H,2-4H2,1H3;1H4. The zero-order valence-corrected chi connectivity index (χ0v) is 6.56. The van der Waals surface area contributed by atoms with E-state index in [-0.39, 0.29) is 19.8 Å². The molecule has 4 nitrogen and oxygen atoms in total. The van der Waals surface area contributed by atoms with Crippen LogP contribution in [-0.2, 0) is 19.0 Å². The second-order valence-corrected chi connectivity index (χ2v) is 3.78. The Morgan fingerprint density at radius 3 is 2.55 bits per heavy atom. The molecule has 1 aliphatic rings. The van der Waals surface area contributed by atoms with Gasteiger partial charge in [0.2, 0.25) is 0 Å². The Balaban J connectivity index is 0.000001000. The molecule has 0 N–H and O–H groups in total. The van der Waals surface area contributed by atoms with Crippen molar-refractivity contribution in [2.45, 2.75) is 27.1 Å². The Labute approximate surface area is 67.6 Å². The summed E-state index contributed by atoms with van der Waals surface area (Å²) in [4.78, 5) is 0. The molecule has 0 radical (unpaired) electrons. The fourth-order valence-electron chi connectivity index (χ4n) is 0.707. The molecule has 0 aromatic carbocycles. The summed E-state index contributed by atoms with van der Waals surface area (Å²) >= 11 is 0. The van der Waals surface area contributed by atoms with E-state index in [2.05, 4.69) is 4.18 Å². The molecule has 0 saturated carbocycles. The van der Waals surface area contributed by atoms with Gasteiger partial charge in [-0.15, -0.1) is 0 Å². The highest BCUT2D eigenvalue weighted by Crippen LogP contribution is 2.11. The molecule has 0 bridgehead atoms. The predicted molar refractivity (Wildman–Crippen MR) is 41.6 cm³/mol. The highest BCUT2D eigenvalue weighted by Gasteiger charge is 2.23. The fraction of sp³-hybridized carbons (Fsp3) is 1.00. The quantitative estimate of drug-likeness (QED) is 0.561. The van der Waals surface area contributed by atoms with Crippen molar-refractivity contribution in [1.82, 2.24) is 0 Å². The van der Waals surface area contributed by atoms with Crippen LogP contribution in [-0.4, -0.2) is 27.1 Å². The van der Waals surface area contributed by atoms with Crippen molar-refractivity contribution in [3.8, 4) is 0 Å². The average molecular weight is 182 g/mol. The van der Waals surface area contributed by atoms with Crippen LogP contribution in [0.15, 0.2) is 0 Å². The summed E-state index contributed by atoms with van der Waals surface area (Å²) in [5.74, 6) is -0.0243. The molecule has 0 aromatic rings. The number of ether oxygens (including phenoxy) is 1. The Hall–Kier alpha value is -0.130. The van der Waals surface area contributed by atoms with Gasteiger partial charge in [0.1, 0.15) is 0 Å². The predicted octanol–water partition coefficient (Wildman–Crippen LogP) is 0.735. The summed E-state index contributed by atoms with van der Waals surface area (Å²) < 4.78 is 31.0. The van der Waals surface area contributed by atoms with Crippen molar-refractivity contribution in [2.75, 3.05) is 12.4 Å². The van der Waals surface area contributed by atoms with E-state index in [1.54, 1.807) is 0 Å². The van der Waals surface area contributed by atoms with Crippen LogP contribution >= 0.6 is 0 Å². The lowest BCUT2D eigenvalue weighted by Gasteiger charge is -2.20. The third kappa shape index (κ3) is 3.18. The summed E-state index contributed by atoms with van der Waals surface area (Å²) in [5, 5.41) is 0. The van der Waals surface area contributed by atoms with Gasteiger partial charge in [-0.1, -0.05) is 14.4 Å². The molecule has 1 heterocycles. The molecule has 5 heteroatoms. The minimum atomic E-state index is -3.27. The van der Waals surface area contributed by atoms with Gasteiger partial charge in [-0.2, -0.15) is 8.42 Å². The van der Waals surface area contributed by atoms with E-state index in [4.69, 9.17) is 4.74 Å². The van der Waals surface area contributed by atoms with Crippen LogP contribution in [0.2, 0.25) is 0 Å². The van der Waals surface area contributed by atoms with E-state index in [1.807, 2.05) is 6.92 Å².